The van der Waals surface area contributed by atoms with Gasteiger partial charge >= 0.3 is 0 Å². The molecular weight excluding hydrogens is 353 g/mol. The summed E-state index contributed by atoms with van der Waals surface area (Å²) >= 11 is 3.97. The number of nitrogens with two attached hydrogens (primary N) is 1. The summed E-state index contributed by atoms with van der Waals surface area (Å²) in [5, 5.41) is 5.14. The summed E-state index contributed by atoms with van der Waals surface area (Å²) in [6.07, 6.45) is 0.810. The predicted molar refractivity (Wildman–Crippen MR) is 75.8 cm³/mol. The number of carbonyl (C=O) groups is 2. The molecule has 0 saturated heterocycles. The van der Waals surface area contributed by atoms with Gasteiger partial charge in [-0.1, -0.05) is 0 Å². The van der Waals surface area contributed by atoms with Crippen LogP contribution in [-0.2, 0) is 16.0 Å². The Morgan fingerprint density at radius 2 is 2.06 bits per heavy atom. The lowest BCUT2D eigenvalue weighted by Crippen LogP contribution is -2.39. The quantitative estimate of drug-likeness (QED) is 0.623. The minimum atomic E-state index is -0.326. The average Bonchev–Trinajstić information content (AvgIpc) is 2.72. The summed E-state index contributed by atoms with van der Waals surface area (Å²) in [4.78, 5) is 23.3. The lowest BCUT2D eigenvalue weighted by Gasteiger charge is -2.05. The molecule has 7 heteroatoms. The lowest BCUT2D eigenvalue weighted by molar-refractivity contribution is -0.125. The van der Waals surface area contributed by atoms with Crippen molar-refractivity contribution < 1.29 is 9.59 Å². The minimum absolute atomic E-state index is 0.0159. The van der Waals surface area contributed by atoms with Gasteiger partial charge in [0.15, 0.2) is 0 Å². The van der Waals surface area contributed by atoms with Gasteiger partial charge in [0.1, 0.15) is 0 Å². The molecule has 0 aromatic carbocycles. The summed E-state index contributed by atoms with van der Waals surface area (Å²) in [5.74, 6) is -0.522. The van der Waals surface area contributed by atoms with Crippen molar-refractivity contribution in [1.29, 1.82) is 0 Å². The highest BCUT2D eigenvalue weighted by atomic mass is 127. The molecule has 0 aliphatic heterocycles. The molecule has 0 unspecified atom stereocenters. The Hall–Kier alpha value is -0.670. The van der Waals surface area contributed by atoms with Crippen LogP contribution in [0.25, 0.3) is 0 Å². The van der Waals surface area contributed by atoms with E-state index in [2.05, 4.69) is 39.3 Å². The van der Waals surface area contributed by atoms with Crippen molar-refractivity contribution >= 4 is 45.7 Å². The highest BCUT2D eigenvalue weighted by Gasteiger charge is 2.03. The van der Waals surface area contributed by atoms with Gasteiger partial charge in [0.05, 0.1) is 16.0 Å². The maximum atomic E-state index is 11.3. The third-order valence-corrected chi connectivity index (χ3v) is 3.91. The zero-order valence-electron chi connectivity index (χ0n) is 9.16. The van der Waals surface area contributed by atoms with Crippen molar-refractivity contribution in [1.82, 2.24) is 10.6 Å². The molecule has 0 bridgehead atoms. The zero-order valence-corrected chi connectivity index (χ0v) is 12.1. The SMILES string of the molecule is NCC(=O)NCC(=O)NCCc1ccc(I)s1. The summed E-state index contributed by atoms with van der Waals surface area (Å²) in [5.41, 5.74) is 5.09. The van der Waals surface area contributed by atoms with E-state index < -0.39 is 0 Å². The Balaban J connectivity index is 2.14. The van der Waals surface area contributed by atoms with E-state index in [9.17, 15) is 9.59 Å². The lowest BCUT2D eigenvalue weighted by atomic mass is 10.3. The molecule has 0 fully saturated rings. The van der Waals surface area contributed by atoms with E-state index in [1.54, 1.807) is 11.3 Å². The molecule has 0 aliphatic rings. The van der Waals surface area contributed by atoms with Crippen LogP contribution in [0.4, 0.5) is 0 Å². The number of carbonyl (C=O) groups excluding carboxylic acids is 2. The Labute approximate surface area is 117 Å². The Kier molecular flexibility index (Phi) is 6.45. The first-order valence-electron chi connectivity index (χ1n) is 5.09. The largest absolute Gasteiger partial charge is 0.354 e. The molecule has 1 rings (SSSR count). The molecule has 1 heterocycles. The van der Waals surface area contributed by atoms with Crippen molar-refractivity contribution in [3.63, 3.8) is 0 Å². The third-order valence-electron chi connectivity index (χ3n) is 1.95. The Morgan fingerprint density at radius 3 is 2.65 bits per heavy atom. The van der Waals surface area contributed by atoms with Gasteiger partial charge in [-0.2, -0.15) is 0 Å². The number of amides is 2. The molecule has 0 radical (unpaired) electrons. The molecular formula is C10H14IN3O2S. The van der Waals surface area contributed by atoms with E-state index in [-0.39, 0.29) is 24.9 Å². The smallest absolute Gasteiger partial charge is 0.239 e. The number of hydrogen-bond donors (Lipinski definition) is 3. The van der Waals surface area contributed by atoms with Crippen molar-refractivity contribution in [3.8, 4) is 0 Å². The summed E-state index contributed by atoms with van der Waals surface area (Å²) in [6, 6.07) is 4.10. The van der Waals surface area contributed by atoms with Crippen LogP contribution in [0.1, 0.15) is 4.88 Å². The second kappa shape index (κ2) is 7.62. The van der Waals surface area contributed by atoms with Crippen LogP contribution in [0, 0.1) is 2.88 Å². The van der Waals surface area contributed by atoms with Gasteiger partial charge in [-0.3, -0.25) is 9.59 Å². The highest BCUT2D eigenvalue weighted by Crippen LogP contribution is 2.18. The van der Waals surface area contributed by atoms with E-state index in [1.807, 2.05) is 6.07 Å². The van der Waals surface area contributed by atoms with E-state index >= 15 is 0 Å². The van der Waals surface area contributed by atoms with Gasteiger partial charge in [-0.05, 0) is 41.1 Å². The van der Waals surface area contributed by atoms with Crippen molar-refractivity contribution in [3.05, 3.63) is 19.9 Å². The van der Waals surface area contributed by atoms with E-state index in [0.29, 0.717) is 6.54 Å². The molecule has 0 aliphatic carbocycles. The van der Waals surface area contributed by atoms with Crippen LogP contribution in [0.2, 0.25) is 0 Å². The fourth-order valence-electron chi connectivity index (χ4n) is 1.12. The average molecular weight is 367 g/mol. The predicted octanol–water partition coefficient (Wildman–Crippen LogP) is 0.0863. The second-order valence-electron chi connectivity index (χ2n) is 3.29. The van der Waals surface area contributed by atoms with Gasteiger partial charge < -0.3 is 16.4 Å². The molecule has 1 aromatic rings. The Morgan fingerprint density at radius 1 is 1.29 bits per heavy atom. The first kappa shape index (κ1) is 14.4. The molecule has 5 nitrogen and oxygen atoms in total. The standard InChI is InChI=1S/C10H14IN3O2S/c11-8-2-1-7(17-8)3-4-13-10(16)6-14-9(15)5-12/h1-2H,3-6,12H2,(H,13,16)(H,14,15). The van der Waals surface area contributed by atoms with Gasteiger partial charge in [0.2, 0.25) is 11.8 Å². The van der Waals surface area contributed by atoms with Gasteiger partial charge in [-0.15, -0.1) is 11.3 Å². The fraction of sp³-hybridized carbons (Fsp3) is 0.400. The monoisotopic (exact) mass is 367 g/mol. The number of rotatable bonds is 6. The topological polar surface area (TPSA) is 84.2 Å². The summed E-state index contributed by atoms with van der Waals surface area (Å²) in [7, 11) is 0. The number of hydrogen-bond acceptors (Lipinski definition) is 4. The van der Waals surface area contributed by atoms with Crippen LogP contribution in [0.15, 0.2) is 12.1 Å². The number of halogens is 1. The van der Waals surface area contributed by atoms with E-state index in [4.69, 9.17) is 5.73 Å². The van der Waals surface area contributed by atoms with E-state index in [1.165, 1.54) is 7.76 Å². The second-order valence-corrected chi connectivity index (χ2v) is 6.35. The molecule has 0 spiro atoms. The summed E-state index contributed by atoms with van der Waals surface area (Å²) < 4.78 is 1.24. The van der Waals surface area contributed by atoms with Gasteiger partial charge in [0.25, 0.3) is 0 Å². The van der Waals surface area contributed by atoms with Crippen LogP contribution >= 0.6 is 33.9 Å². The highest BCUT2D eigenvalue weighted by molar-refractivity contribution is 14.1. The number of nitrogens with one attached hydrogen (secondary N) is 2. The Bertz CT molecular complexity index is 395. The first-order valence-corrected chi connectivity index (χ1v) is 6.99. The normalized spacial score (nSPS) is 10.0. The first-order chi connectivity index (χ1) is 8.11. The maximum absolute atomic E-state index is 11.3. The molecule has 0 saturated carbocycles. The van der Waals surface area contributed by atoms with Crippen LogP contribution < -0.4 is 16.4 Å². The minimum Gasteiger partial charge on any atom is -0.354 e. The number of thiophene rings is 1. The fourth-order valence-corrected chi connectivity index (χ4v) is 2.88. The van der Waals surface area contributed by atoms with Gasteiger partial charge in [-0.25, -0.2) is 0 Å². The van der Waals surface area contributed by atoms with Crippen LogP contribution in [-0.4, -0.2) is 31.4 Å². The maximum Gasteiger partial charge on any atom is 0.239 e. The zero-order chi connectivity index (χ0) is 12.7. The molecule has 0 atom stereocenters. The molecule has 4 N–H and O–H groups in total. The molecule has 1 aromatic heterocycles. The molecule has 17 heavy (non-hydrogen) atoms. The van der Waals surface area contributed by atoms with E-state index in [0.717, 1.165) is 6.42 Å². The van der Waals surface area contributed by atoms with Crippen LogP contribution in [0.5, 0.6) is 0 Å². The van der Waals surface area contributed by atoms with Gasteiger partial charge in [0, 0.05) is 11.4 Å². The molecule has 2 amide bonds. The van der Waals surface area contributed by atoms with Crippen LogP contribution in [0.3, 0.4) is 0 Å². The molecule has 94 valence electrons. The van der Waals surface area contributed by atoms with Crippen molar-refractivity contribution in [2.24, 2.45) is 5.73 Å². The summed E-state index contributed by atoms with van der Waals surface area (Å²) in [6.45, 7) is 0.465. The van der Waals surface area contributed by atoms with Crippen molar-refractivity contribution in [2.45, 2.75) is 6.42 Å². The van der Waals surface area contributed by atoms with Crippen molar-refractivity contribution in [2.75, 3.05) is 19.6 Å². The third kappa shape index (κ3) is 5.99.